The summed E-state index contributed by atoms with van der Waals surface area (Å²) in [5.41, 5.74) is 2.41. The van der Waals surface area contributed by atoms with Gasteiger partial charge in [-0.1, -0.05) is 30.3 Å². The Balaban J connectivity index is 1.66. The number of fused-ring (bicyclic) bond motifs is 1. The first-order valence-corrected chi connectivity index (χ1v) is 10.1. The third-order valence-electron chi connectivity index (χ3n) is 5.12. The highest BCUT2D eigenvalue weighted by molar-refractivity contribution is 6.08. The van der Waals surface area contributed by atoms with Crippen LogP contribution in [-0.2, 0) is 9.47 Å². The van der Waals surface area contributed by atoms with Gasteiger partial charge in [0.2, 0.25) is 0 Å². The summed E-state index contributed by atoms with van der Waals surface area (Å²) in [6.45, 7) is 4.75. The molecule has 1 aliphatic rings. The molecule has 0 saturated carbocycles. The van der Waals surface area contributed by atoms with E-state index in [1.54, 1.807) is 25.1 Å². The van der Waals surface area contributed by atoms with E-state index in [2.05, 4.69) is 10.2 Å². The van der Waals surface area contributed by atoms with Crippen molar-refractivity contribution in [2.45, 2.75) is 6.92 Å². The topological polar surface area (TPSA) is 67.9 Å². The van der Waals surface area contributed by atoms with E-state index in [-0.39, 0.29) is 5.91 Å². The summed E-state index contributed by atoms with van der Waals surface area (Å²) in [5.74, 6) is -0.636. The molecular weight excluding hydrogens is 380 g/mol. The number of carbonyl (C=O) groups excluding carboxylic acids is 2. The van der Waals surface area contributed by atoms with Gasteiger partial charge in [0.15, 0.2) is 0 Å². The summed E-state index contributed by atoms with van der Waals surface area (Å²) in [5, 5.41) is 5.07. The fourth-order valence-electron chi connectivity index (χ4n) is 3.58. The Morgan fingerprint density at radius 2 is 1.70 bits per heavy atom. The molecule has 1 aliphatic heterocycles. The number of anilines is 2. The number of nitrogens with one attached hydrogen (secondary N) is 1. The number of nitrogens with zero attached hydrogens (tertiary/aromatic N) is 1. The Kier molecular flexibility index (Phi) is 5.95. The van der Waals surface area contributed by atoms with Crippen LogP contribution in [0.25, 0.3) is 10.8 Å². The smallest absolute Gasteiger partial charge is 0.338 e. The quantitative estimate of drug-likeness (QED) is 0.649. The fourth-order valence-corrected chi connectivity index (χ4v) is 3.58. The zero-order valence-electron chi connectivity index (χ0n) is 16.9. The predicted molar refractivity (Wildman–Crippen MR) is 117 cm³/mol. The van der Waals surface area contributed by atoms with Crippen molar-refractivity contribution in [3.8, 4) is 0 Å². The molecule has 1 fully saturated rings. The van der Waals surface area contributed by atoms with E-state index in [0.717, 1.165) is 29.5 Å². The normalized spacial score (nSPS) is 13.8. The van der Waals surface area contributed by atoms with Gasteiger partial charge in [-0.05, 0) is 48.0 Å². The molecule has 1 amide bonds. The molecule has 3 aromatic carbocycles. The maximum Gasteiger partial charge on any atom is 0.338 e. The van der Waals surface area contributed by atoms with Crippen LogP contribution in [0.4, 0.5) is 11.4 Å². The van der Waals surface area contributed by atoms with Gasteiger partial charge in [-0.3, -0.25) is 4.79 Å². The number of rotatable bonds is 5. The molecule has 6 heteroatoms. The maximum atomic E-state index is 13.0. The van der Waals surface area contributed by atoms with Gasteiger partial charge >= 0.3 is 5.97 Å². The third kappa shape index (κ3) is 4.28. The molecule has 30 heavy (non-hydrogen) atoms. The molecule has 0 atom stereocenters. The van der Waals surface area contributed by atoms with Gasteiger partial charge in [0.25, 0.3) is 5.91 Å². The first-order valence-electron chi connectivity index (χ1n) is 10.1. The van der Waals surface area contributed by atoms with Crippen LogP contribution in [-0.4, -0.2) is 44.8 Å². The predicted octanol–water partition coefficient (Wildman–Crippen LogP) is 4.11. The second kappa shape index (κ2) is 8.97. The number of hydrogen-bond acceptors (Lipinski definition) is 5. The molecule has 0 spiro atoms. The molecule has 4 rings (SSSR count). The van der Waals surface area contributed by atoms with Crippen LogP contribution in [0.5, 0.6) is 0 Å². The second-order valence-corrected chi connectivity index (χ2v) is 7.07. The Bertz CT molecular complexity index is 1070. The monoisotopic (exact) mass is 404 g/mol. The lowest BCUT2D eigenvalue weighted by Gasteiger charge is -2.30. The third-order valence-corrected chi connectivity index (χ3v) is 5.12. The van der Waals surface area contributed by atoms with Crippen molar-refractivity contribution in [3.05, 3.63) is 71.8 Å². The summed E-state index contributed by atoms with van der Waals surface area (Å²) < 4.78 is 10.6. The van der Waals surface area contributed by atoms with Gasteiger partial charge in [-0.15, -0.1) is 0 Å². The minimum Gasteiger partial charge on any atom is -0.462 e. The lowest BCUT2D eigenvalue weighted by atomic mass is 10.1. The van der Waals surface area contributed by atoms with Crippen molar-refractivity contribution < 1.29 is 19.1 Å². The number of hydrogen-bond donors (Lipinski definition) is 1. The van der Waals surface area contributed by atoms with Gasteiger partial charge < -0.3 is 19.7 Å². The molecule has 0 aliphatic carbocycles. The van der Waals surface area contributed by atoms with E-state index in [1.165, 1.54) is 0 Å². The van der Waals surface area contributed by atoms with E-state index >= 15 is 0 Å². The molecule has 1 saturated heterocycles. The average molecular weight is 404 g/mol. The largest absolute Gasteiger partial charge is 0.462 e. The lowest BCUT2D eigenvalue weighted by molar-refractivity contribution is 0.0526. The number of benzene rings is 3. The van der Waals surface area contributed by atoms with Crippen molar-refractivity contribution in [2.24, 2.45) is 0 Å². The summed E-state index contributed by atoms with van der Waals surface area (Å²) in [4.78, 5) is 27.4. The fraction of sp³-hybridized carbons (Fsp3) is 0.250. The molecule has 0 aromatic heterocycles. The van der Waals surface area contributed by atoms with Crippen LogP contribution in [0.2, 0.25) is 0 Å². The van der Waals surface area contributed by atoms with Crippen molar-refractivity contribution >= 4 is 34.0 Å². The van der Waals surface area contributed by atoms with E-state index in [1.807, 2.05) is 42.5 Å². The Labute approximate surface area is 175 Å². The van der Waals surface area contributed by atoms with E-state index in [0.29, 0.717) is 36.6 Å². The van der Waals surface area contributed by atoms with E-state index in [9.17, 15) is 9.59 Å². The number of morpholine rings is 1. The maximum absolute atomic E-state index is 13.0. The number of ether oxygens (including phenoxy) is 2. The summed E-state index contributed by atoms with van der Waals surface area (Å²) in [7, 11) is 0. The first kappa shape index (κ1) is 19.9. The Hall–Kier alpha value is -3.38. The summed E-state index contributed by atoms with van der Waals surface area (Å²) >= 11 is 0. The van der Waals surface area contributed by atoms with Crippen LogP contribution in [0.3, 0.4) is 0 Å². The second-order valence-electron chi connectivity index (χ2n) is 7.07. The molecule has 1 N–H and O–H groups in total. The van der Waals surface area contributed by atoms with Gasteiger partial charge in [0.1, 0.15) is 0 Å². The Morgan fingerprint density at radius 1 is 0.967 bits per heavy atom. The van der Waals surface area contributed by atoms with Crippen LogP contribution < -0.4 is 10.2 Å². The minimum absolute atomic E-state index is 0.226. The Morgan fingerprint density at radius 3 is 2.47 bits per heavy atom. The van der Waals surface area contributed by atoms with Gasteiger partial charge in [0, 0.05) is 18.7 Å². The lowest BCUT2D eigenvalue weighted by Crippen LogP contribution is -2.36. The van der Waals surface area contributed by atoms with Crippen molar-refractivity contribution in [2.75, 3.05) is 43.1 Å². The SMILES string of the molecule is CCOC(=O)c1ccc(N2CCOCC2)c(NC(=O)c2ccc3ccccc3c2)c1. The van der Waals surface area contributed by atoms with Gasteiger partial charge in [0.05, 0.1) is 36.8 Å². The van der Waals surface area contributed by atoms with Gasteiger partial charge in [-0.2, -0.15) is 0 Å². The highest BCUT2D eigenvalue weighted by Gasteiger charge is 2.19. The highest BCUT2D eigenvalue weighted by Crippen LogP contribution is 2.29. The van der Waals surface area contributed by atoms with Crippen LogP contribution in [0.1, 0.15) is 27.6 Å². The number of carbonyl (C=O) groups is 2. The number of esters is 1. The number of amides is 1. The van der Waals surface area contributed by atoms with Crippen molar-refractivity contribution in [1.29, 1.82) is 0 Å². The van der Waals surface area contributed by atoms with Crippen molar-refractivity contribution in [1.82, 2.24) is 0 Å². The molecule has 0 bridgehead atoms. The summed E-state index contributed by atoms with van der Waals surface area (Å²) in [6, 6.07) is 18.8. The van der Waals surface area contributed by atoms with Gasteiger partial charge in [-0.25, -0.2) is 4.79 Å². The van der Waals surface area contributed by atoms with E-state index in [4.69, 9.17) is 9.47 Å². The standard InChI is InChI=1S/C24H24N2O4/c1-2-30-24(28)20-9-10-22(26-11-13-29-14-12-26)21(16-20)25-23(27)19-8-7-17-5-3-4-6-18(17)15-19/h3-10,15-16H,2,11-14H2,1H3,(H,25,27). The molecule has 3 aromatic rings. The van der Waals surface area contributed by atoms with Crippen LogP contribution in [0, 0.1) is 0 Å². The average Bonchev–Trinajstić information content (AvgIpc) is 2.79. The molecule has 0 radical (unpaired) electrons. The van der Waals surface area contributed by atoms with Crippen LogP contribution in [0.15, 0.2) is 60.7 Å². The zero-order valence-corrected chi connectivity index (χ0v) is 16.9. The zero-order chi connectivity index (χ0) is 20.9. The molecule has 154 valence electrons. The minimum atomic E-state index is -0.410. The summed E-state index contributed by atoms with van der Waals surface area (Å²) in [6.07, 6.45) is 0. The highest BCUT2D eigenvalue weighted by atomic mass is 16.5. The molecular formula is C24H24N2O4. The first-order chi connectivity index (χ1) is 14.7. The molecule has 6 nitrogen and oxygen atoms in total. The van der Waals surface area contributed by atoms with E-state index < -0.39 is 5.97 Å². The molecule has 1 heterocycles. The van der Waals surface area contributed by atoms with Crippen LogP contribution >= 0.6 is 0 Å². The molecule has 0 unspecified atom stereocenters. The van der Waals surface area contributed by atoms with Crippen molar-refractivity contribution in [3.63, 3.8) is 0 Å².